The number of rotatable bonds is 3. The number of hydrogen-bond donors (Lipinski definition) is 1. The van der Waals surface area contributed by atoms with Gasteiger partial charge in [-0.1, -0.05) is 26.0 Å². The van der Waals surface area contributed by atoms with Gasteiger partial charge in [-0.15, -0.1) is 11.3 Å². The van der Waals surface area contributed by atoms with Gasteiger partial charge in [-0.2, -0.15) is 0 Å². The van der Waals surface area contributed by atoms with E-state index in [-0.39, 0.29) is 11.8 Å². The largest absolute Gasteiger partial charge is 0.349 e. The highest BCUT2D eigenvalue weighted by Gasteiger charge is 2.08. The van der Waals surface area contributed by atoms with Gasteiger partial charge in [-0.25, -0.2) is 4.98 Å². The number of carbonyl (C=O) groups excluding carboxylic acids is 1. The van der Waals surface area contributed by atoms with Crippen molar-refractivity contribution in [3.05, 3.63) is 29.3 Å². The Balaban J connectivity index is 2.07. The first kappa shape index (κ1) is 11.1. The molecule has 2 aromatic rings. The Labute approximate surface area is 98.5 Å². The number of benzene rings is 1. The zero-order chi connectivity index (χ0) is 11.5. The van der Waals surface area contributed by atoms with Crippen LogP contribution >= 0.6 is 11.3 Å². The minimum atomic E-state index is 0.0226. The van der Waals surface area contributed by atoms with Crippen molar-refractivity contribution in [2.75, 3.05) is 0 Å². The van der Waals surface area contributed by atoms with Gasteiger partial charge < -0.3 is 5.32 Å². The molecule has 1 heterocycles. The molecule has 2 rings (SSSR count). The van der Waals surface area contributed by atoms with Crippen LogP contribution < -0.4 is 5.32 Å². The van der Waals surface area contributed by atoms with Crippen molar-refractivity contribution >= 4 is 27.5 Å². The zero-order valence-corrected chi connectivity index (χ0v) is 10.2. The number of nitrogens with zero attached hydrogens (tertiary/aromatic N) is 1. The van der Waals surface area contributed by atoms with E-state index in [9.17, 15) is 4.79 Å². The zero-order valence-electron chi connectivity index (χ0n) is 9.36. The summed E-state index contributed by atoms with van der Waals surface area (Å²) in [5, 5.41) is 3.82. The van der Waals surface area contributed by atoms with Crippen molar-refractivity contribution in [3.63, 3.8) is 0 Å². The van der Waals surface area contributed by atoms with E-state index in [4.69, 9.17) is 0 Å². The summed E-state index contributed by atoms with van der Waals surface area (Å²) in [6, 6.07) is 8.00. The van der Waals surface area contributed by atoms with Crippen LogP contribution in [-0.2, 0) is 11.3 Å². The van der Waals surface area contributed by atoms with E-state index in [2.05, 4.69) is 10.3 Å². The molecule has 1 N–H and O–H groups in total. The molecule has 0 atom stereocenters. The Kier molecular flexibility index (Phi) is 3.19. The van der Waals surface area contributed by atoms with Crippen molar-refractivity contribution in [2.45, 2.75) is 20.4 Å². The molecule has 3 nitrogen and oxygen atoms in total. The molecule has 0 unspecified atom stereocenters. The van der Waals surface area contributed by atoms with Crippen molar-refractivity contribution in [1.29, 1.82) is 0 Å². The molecule has 0 aliphatic heterocycles. The van der Waals surface area contributed by atoms with Crippen LogP contribution in [0.2, 0.25) is 0 Å². The van der Waals surface area contributed by atoms with Crippen LogP contribution in [0.3, 0.4) is 0 Å². The highest BCUT2D eigenvalue weighted by molar-refractivity contribution is 7.18. The molecule has 0 radical (unpaired) electrons. The SMILES string of the molecule is CC(C)C(=O)NCc1nc2ccccc2s1. The number of carbonyl (C=O) groups is 1. The molecule has 0 aliphatic carbocycles. The number of nitrogens with one attached hydrogen (secondary N) is 1. The van der Waals surface area contributed by atoms with Crippen molar-refractivity contribution in [3.8, 4) is 0 Å². The minimum absolute atomic E-state index is 0.0226. The number of fused-ring (bicyclic) bond motifs is 1. The summed E-state index contributed by atoms with van der Waals surface area (Å²) in [6.45, 7) is 4.29. The maximum atomic E-state index is 11.4. The Morgan fingerprint density at radius 2 is 2.19 bits per heavy atom. The predicted octanol–water partition coefficient (Wildman–Crippen LogP) is 2.57. The van der Waals surface area contributed by atoms with Crippen LogP contribution in [0, 0.1) is 5.92 Å². The summed E-state index contributed by atoms with van der Waals surface area (Å²) in [5.74, 6) is 0.0913. The summed E-state index contributed by atoms with van der Waals surface area (Å²) in [4.78, 5) is 15.8. The van der Waals surface area contributed by atoms with Gasteiger partial charge in [0.15, 0.2) is 0 Å². The molecule has 0 aliphatic rings. The molecule has 4 heteroatoms. The lowest BCUT2D eigenvalue weighted by molar-refractivity contribution is -0.124. The molecule has 1 amide bonds. The van der Waals surface area contributed by atoms with Gasteiger partial charge in [0.2, 0.25) is 5.91 Å². The molecular weight excluding hydrogens is 220 g/mol. The average Bonchev–Trinajstić information content (AvgIpc) is 2.68. The lowest BCUT2D eigenvalue weighted by atomic mass is 10.2. The van der Waals surface area contributed by atoms with Gasteiger partial charge in [0.25, 0.3) is 0 Å². The van der Waals surface area contributed by atoms with Gasteiger partial charge >= 0.3 is 0 Å². The molecule has 0 saturated carbocycles. The summed E-state index contributed by atoms with van der Waals surface area (Å²) in [7, 11) is 0. The van der Waals surface area contributed by atoms with Crippen LogP contribution in [0.15, 0.2) is 24.3 Å². The summed E-state index contributed by atoms with van der Waals surface area (Å²) < 4.78 is 1.16. The van der Waals surface area contributed by atoms with E-state index in [1.165, 1.54) is 0 Å². The van der Waals surface area contributed by atoms with Crippen molar-refractivity contribution < 1.29 is 4.79 Å². The Morgan fingerprint density at radius 3 is 2.88 bits per heavy atom. The quantitative estimate of drug-likeness (QED) is 0.886. The van der Waals surface area contributed by atoms with Gasteiger partial charge in [0.05, 0.1) is 16.8 Å². The van der Waals surface area contributed by atoms with Crippen LogP contribution in [0.25, 0.3) is 10.2 Å². The fourth-order valence-corrected chi connectivity index (χ4v) is 2.27. The topological polar surface area (TPSA) is 42.0 Å². The lowest BCUT2D eigenvalue weighted by Gasteiger charge is -2.04. The van der Waals surface area contributed by atoms with E-state index >= 15 is 0 Å². The van der Waals surface area contributed by atoms with E-state index in [0.29, 0.717) is 6.54 Å². The fraction of sp³-hybridized carbons (Fsp3) is 0.333. The normalized spacial score (nSPS) is 10.9. The maximum Gasteiger partial charge on any atom is 0.222 e. The van der Waals surface area contributed by atoms with E-state index < -0.39 is 0 Å². The van der Waals surface area contributed by atoms with Crippen LogP contribution in [0.4, 0.5) is 0 Å². The Bertz CT molecular complexity index is 471. The van der Waals surface area contributed by atoms with Crippen molar-refractivity contribution in [1.82, 2.24) is 10.3 Å². The molecule has 1 aromatic carbocycles. The number of amides is 1. The summed E-state index contributed by atoms with van der Waals surface area (Å²) >= 11 is 1.63. The third-order valence-electron chi connectivity index (χ3n) is 2.28. The van der Waals surface area contributed by atoms with Crippen LogP contribution in [0.5, 0.6) is 0 Å². The second kappa shape index (κ2) is 4.61. The second-order valence-corrected chi connectivity index (χ2v) is 5.06. The molecule has 1 aromatic heterocycles. The molecule has 0 spiro atoms. The first-order valence-corrected chi connectivity index (χ1v) is 6.10. The molecule has 0 bridgehead atoms. The maximum absolute atomic E-state index is 11.4. The average molecular weight is 234 g/mol. The standard InChI is InChI=1S/C12H14N2OS/c1-8(2)12(15)13-7-11-14-9-5-3-4-6-10(9)16-11/h3-6,8H,7H2,1-2H3,(H,13,15). The van der Waals surface area contributed by atoms with E-state index in [1.54, 1.807) is 11.3 Å². The van der Waals surface area contributed by atoms with Crippen molar-refractivity contribution in [2.24, 2.45) is 5.92 Å². The molecule has 16 heavy (non-hydrogen) atoms. The number of aromatic nitrogens is 1. The minimum Gasteiger partial charge on any atom is -0.349 e. The second-order valence-electron chi connectivity index (χ2n) is 3.95. The number of para-hydroxylation sites is 1. The third-order valence-corrected chi connectivity index (χ3v) is 3.31. The third kappa shape index (κ3) is 2.39. The number of hydrogen-bond acceptors (Lipinski definition) is 3. The highest BCUT2D eigenvalue weighted by Crippen LogP contribution is 2.21. The molecule has 84 valence electrons. The molecule has 0 saturated heterocycles. The van der Waals surface area contributed by atoms with Gasteiger partial charge in [0, 0.05) is 5.92 Å². The Morgan fingerprint density at radius 1 is 1.44 bits per heavy atom. The lowest BCUT2D eigenvalue weighted by Crippen LogP contribution is -2.26. The monoisotopic (exact) mass is 234 g/mol. The first-order valence-electron chi connectivity index (χ1n) is 5.29. The highest BCUT2D eigenvalue weighted by atomic mass is 32.1. The van der Waals surface area contributed by atoms with Crippen LogP contribution in [-0.4, -0.2) is 10.9 Å². The van der Waals surface area contributed by atoms with E-state index in [1.807, 2.05) is 38.1 Å². The van der Waals surface area contributed by atoms with Gasteiger partial charge in [-0.3, -0.25) is 4.79 Å². The smallest absolute Gasteiger partial charge is 0.222 e. The molecule has 0 fully saturated rings. The Hall–Kier alpha value is -1.42. The molecular formula is C12H14N2OS. The van der Waals surface area contributed by atoms with E-state index in [0.717, 1.165) is 15.2 Å². The predicted molar refractivity (Wildman–Crippen MR) is 66.3 cm³/mol. The first-order chi connectivity index (χ1) is 7.66. The fourth-order valence-electron chi connectivity index (χ4n) is 1.36. The van der Waals surface area contributed by atoms with Crippen LogP contribution in [0.1, 0.15) is 18.9 Å². The van der Waals surface area contributed by atoms with Gasteiger partial charge in [-0.05, 0) is 12.1 Å². The summed E-state index contributed by atoms with van der Waals surface area (Å²) in [5.41, 5.74) is 1.00. The van der Waals surface area contributed by atoms with Gasteiger partial charge in [0.1, 0.15) is 5.01 Å². The summed E-state index contributed by atoms with van der Waals surface area (Å²) in [6.07, 6.45) is 0. The number of thiazole rings is 1.